The Morgan fingerprint density at radius 3 is 2.80 bits per heavy atom. The Morgan fingerprint density at radius 2 is 2.20 bits per heavy atom. The molecule has 0 aromatic carbocycles. The summed E-state index contributed by atoms with van der Waals surface area (Å²) in [5.74, 6) is 0.768. The van der Waals surface area contributed by atoms with Gasteiger partial charge in [-0.1, -0.05) is 19.9 Å². The highest BCUT2D eigenvalue weighted by Gasteiger charge is 2.14. The average Bonchev–Trinajstić information content (AvgIpc) is 2.42. The zero-order valence-corrected chi connectivity index (χ0v) is 12.0. The number of hydrogen-bond donors (Lipinski definition) is 2. The Hall–Kier alpha value is -2.09. The lowest BCUT2D eigenvalue weighted by Gasteiger charge is -2.20. The maximum atomic E-state index is 10.6. The van der Waals surface area contributed by atoms with Crippen LogP contribution >= 0.6 is 0 Å². The Balaban J connectivity index is 2.43. The molecule has 0 spiro atoms. The SMILES string of the molecule is CC(C)C(CCNc1cccc(C#N)n1)CCC(=O)O. The van der Waals surface area contributed by atoms with E-state index >= 15 is 0 Å². The highest BCUT2D eigenvalue weighted by Crippen LogP contribution is 2.21. The van der Waals surface area contributed by atoms with E-state index in [1.807, 2.05) is 12.1 Å². The number of carboxylic acids is 1. The van der Waals surface area contributed by atoms with Gasteiger partial charge < -0.3 is 10.4 Å². The maximum absolute atomic E-state index is 10.6. The molecule has 5 heteroatoms. The van der Waals surface area contributed by atoms with Gasteiger partial charge in [0.05, 0.1) is 0 Å². The van der Waals surface area contributed by atoms with Gasteiger partial charge in [-0.15, -0.1) is 0 Å². The molecule has 1 rings (SSSR count). The summed E-state index contributed by atoms with van der Waals surface area (Å²) in [5.41, 5.74) is 0.390. The molecule has 0 aliphatic heterocycles. The fourth-order valence-corrected chi connectivity index (χ4v) is 2.10. The number of hydrogen-bond acceptors (Lipinski definition) is 4. The van der Waals surface area contributed by atoms with Crippen LogP contribution in [0.4, 0.5) is 5.82 Å². The van der Waals surface area contributed by atoms with Crippen molar-refractivity contribution in [2.75, 3.05) is 11.9 Å². The van der Waals surface area contributed by atoms with Gasteiger partial charge in [0, 0.05) is 13.0 Å². The zero-order chi connectivity index (χ0) is 15.0. The molecule has 0 radical (unpaired) electrons. The van der Waals surface area contributed by atoms with Crippen LogP contribution in [0, 0.1) is 23.2 Å². The van der Waals surface area contributed by atoms with E-state index in [2.05, 4.69) is 24.1 Å². The van der Waals surface area contributed by atoms with Gasteiger partial charge in [-0.3, -0.25) is 4.79 Å². The molecule has 108 valence electrons. The lowest BCUT2D eigenvalue weighted by molar-refractivity contribution is -0.137. The van der Waals surface area contributed by atoms with Gasteiger partial charge in [0.25, 0.3) is 0 Å². The van der Waals surface area contributed by atoms with Crippen LogP contribution in [0.15, 0.2) is 18.2 Å². The minimum atomic E-state index is -0.744. The third kappa shape index (κ3) is 5.70. The number of pyridine rings is 1. The fourth-order valence-electron chi connectivity index (χ4n) is 2.10. The second-order valence-electron chi connectivity index (χ2n) is 5.17. The predicted molar refractivity (Wildman–Crippen MR) is 77.3 cm³/mol. The molecule has 0 bridgehead atoms. The molecule has 0 aliphatic rings. The number of aliphatic carboxylic acids is 1. The molecular weight excluding hydrogens is 254 g/mol. The van der Waals surface area contributed by atoms with Crippen molar-refractivity contribution in [2.45, 2.75) is 33.1 Å². The van der Waals surface area contributed by atoms with Crippen molar-refractivity contribution < 1.29 is 9.90 Å². The van der Waals surface area contributed by atoms with E-state index < -0.39 is 5.97 Å². The van der Waals surface area contributed by atoms with Gasteiger partial charge in [-0.05, 0) is 36.8 Å². The molecular formula is C15H21N3O2. The van der Waals surface area contributed by atoms with E-state index in [4.69, 9.17) is 10.4 Å². The van der Waals surface area contributed by atoms with Crippen LogP contribution in [0.2, 0.25) is 0 Å². The predicted octanol–water partition coefficient (Wildman–Crippen LogP) is 2.89. The number of carboxylic acid groups (broad SMARTS) is 1. The van der Waals surface area contributed by atoms with E-state index in [9.17, 15) is 4.79 Å². The van der Waals surface area contributed by atoms with Crippen LogP contribution in [0.25, 0.3) is 0 Å². The van der Waals surface area contributed by atoms with Crippen LogP contribution in [-0.4, -0.2) is 22.6 Å². The summed E-state index contributed by atoms with van der Waals surface area (Å²) in [6.07, 6.45) is 1.80. The number of anilines is 1. The van der Waals surface area contributed by atoms with Crippen LogP contribution in [0.5, 0.6) is 0 Å². The van der Waals surface area contributed by atoms with E-state index in [0.717, 1.165) is 13.0 Å². The molecule has 20 heavy (non-hydrogen) atoms. The number of nitriles is 1. The van der Waals surface area contributed by atoms with Crippen molar-refractivity contribution in [1.29, 1.82) is 5.26 Å². The van der Waals surface area contributed by atoms with E-state index in [0.29, 0.717) is 29.8 Å². The summed E-state index contributed by atoms with van der Waals surface area (Å²) in [4.78, 5) is 14.8. The molecule has 1 heterocycles. The van der Waals surface area contributed by atoms with Crippen molar-refractivity contribution >= 4 is 11.8 Å². The van der Waals surface area contributed by atoms with Crippen LogP contribution < -0.4 is 5.32 Å². The fraction of sp³-hybridized carbons (Fsp3) is 0.533. The first-order valence-corrected chi connectivity index (χ1v) is 6.85. The second kappa shape index (κ2) is 8.16. The molecule has 0 saturated heterocycles. The van der Waals surface area contributed by atoms with Crippen molar-refractivity contribution in [3.05, 3.63) is 23.9 Å². The molecule has 0 amide bonds. The van der Waals surface area contributed by atoms with E-state index in [-0.39, 0.29) is 6.42 Å². The zero-order valence-electron chi connectivity index (χ0n) is 12.0. The number of carbonyl (C=O) groups is 1. The second-order valence-corrected chi connectivity index (χ2v) is 5.17. The topological polar surface area (TPSA) is 86.0 Å². The monoisotopic (exact) mass is 275 g/mol. The first kappa shape index (κ1) is 16.0. The highest BCUT2D eigenvalue weighted by atomic mass is 16.4. The molecule has 0 fully saturated rings. The van der Waals surface area contributed by atoms with E-state index in [1.54, 1.807) is 12.1 Å². The van der Waals surface area contributed by atoms with Gasteiger partial charge in [-0.25, -0.2) is 4.98 Å². The summed E-state index contributed by atoms with van der Waals surface area (Å²) < 4.78 is 0. The molecule has 1 unspecified atom stereocenters. The molecule has 5 nitrogen and oxygen atoms in total. The number of nitrogens with one attached hydrogen (secondary N) is 1. The Bertz CT molecular complexity index is 480. The Labute approximate surface area is 119 Å². The Morgan fingerprint density at radius 1 is 1.45 bits per heavy atom. The van der Waals surface area contributed by atoms with Crippen molar-refractivity contribution in [3.8, 4) is 6.07 Å². The van der Waals surface area contributed by atoms with Crippen molar-refractivity contribution in [1.82, 2.24) is 4.98 Å². The van der Waals surface area contributed by atoms with Gasteiger partial charge in [-0.2, -0.15) is 5.26 Å². The standard InChI is InChI=1S/C15H21N3O2/c1-11(2)12(6-7-15(19)20)8-9-17-14-5-3-4-13(10-16)18-14/h3-5,11-12H,6-9H2,1-2H3,(H,17,18)(H,19,20). The minimum Gasteiger partial charge on any atom is -0.481 e. The lowest BCUT2D eigenvalue weighted by Crippen LogP contribution is -2.16. The molecule has 1 atom stereocenters. The Kier molecular flexibility index (Phi) is 6.51. The number of aromatic nitrogens is 1. The quantitative estimate of drug-likeness (QED) is 0.761. The van der Waals surface area contributed by atoms with Gasteiger partial charge in [0.2, 0.25) is 0 Å². The number of rotatable bonds is 8. The van der Waals surface area contributed by atoms with Gasteiger partial charge in [0.1, 0.15) is 17.6 Å². The van der Waals surface area contributed by atoms with E-state index in [1.165, 1.54) is 0 Å². The van der Waals surface area contributed by atoms with Gasteiger partial charge in [0.15, 0.2) is 0 Å². The van der Waals surface area contributed by atoms with Crippen molar-refractivity contribution in [2.24, 2.45) is 11.8 Å². The maximum Gasteiger partial charge on any atom is 0.303 e. The minimum absolute atomic E-state index is 0.213. The largest absolute Gasteiger partial charge is 0.481 e. The molecule has 2 N–H and O–H groups in total. The first-order chi connectivity index (χ1) is 9.52. The normalized spacial score (nSPS) is 11.9. The average molecular weight is 275 g/mol. The van der Waals surface area contributed by atoms with Crippen LogP contribution in [-0.2, 0) is 4.79 Å². The summed E-state index contributed by atoms with van der Waals surface area (Å²) in [7, 11) is 0. The molecule has 0 aliphatic carbocycles. The third-order valence-corrected chi connectivity index (χ3v) is 3.36. The molecule has 1 aromatic heterocycles. The molecule has 0 saturated carbocycles. The lowest BCUT2D eigenvalue weighted by atomic mass is 9.88. The number of nitrogens with zero attached hydrogens (tertiary/aromatic N) is 2. The summed E-state index contributed by atoms with van der Waals surface area (Å²) in [6, 6.07) is 7.27. The van der Waals surface area contributed by atoms with Crippen LogP contribution in [0.3, 0.4) is 0 Å². The summed E-state index contributed by atoms with van der Waals surface area (Å²) in [6.45, 7) is 4.95. The third-order valence-electron chi connectivity index (χ3n) is 3.36. The smallest absolute Gasteiger partial charge is 0.303 e. The van der Waals surface area contributed by atoms with Crippen molar-refractivity contribution in [3.63, 3.8) is 0 Å². The summed E-state index contributed by atoms with van der Waals surface area (Å²) in [5, 5.41) is 20.7. The van der Waals surface area contributed by atoms with Crippen LogP contribution in [0.1, 0.15) is 38.8 Å². The first-order valence-electron chi connectivity index (χ1n) is 6.85. The highest BCUT2D eigenvalue weighted by molar-refractivity contribution is 5.66. The van der Waals surface area contributed by atoms with Gasteiger partial charge >= 0.3 is 5.97 Å². The summed E-state index contributed by atoms with van der Waals surface area (Å²) >= 11 is 0. The molecule has 1 aromatic rings.